The van der Waals surface area contributed by atoms with Crippen LogP contribution in [0.2, 0.25) is 0 Å². The number of benzene rings is 1. The Morgan fingerprint density at radius 3 is 1.80 bits per heavy atom. The van der Waals surface area contributed by atoms with Crippen LogP contribution in [0.3, 0.4) is 0 Å². The highest BCUT2D eigenvalue weighted by Crippen LogP contribution is 2.09. The summed E-state index contributed by atoms with van der Waals surface area (Å²) in [5.74, 6) is -0.140. The molecule has 0 saturated heterocycles. The van der Waals surface area contributed by atoms with Crippen LogP contribution in [0, 0.1) is 5.82 Å². The topological polar surface area (TPSA) is 0 Å². The van der Waals surface area contributed by atoms with Gasteiger partial charge in [-0.1, -0.05) is 6.07 Å². The van der Waals surface area contributed by atoms with Crippen molar-refractivity contribution in [2.75, 3.05) is 12.5 Å². The van der Waals surface area contributed by atoms with Gasteiger partial charge < -0.3 is 17.3 Å². The summed E-state index contributed by atoms with van der Waals surface area (Å²) in [6.07, 6.45) is 4.16. The first-order chi connectivity index (χ1) is 6.70. The van der Waals surface area contributed by atoms with Crippen LogP contribution < -0.4 is 0 Å². The monoisotopic (exact) mass is 244 g/mol. The van der Waals surface area contributed by atoms with Gasteiger partial charge in [-0.15, -0.1) is 0 Å². The van der Waals surface area contributed by atoms with E-state index < -0.39 is 7.25 Å². The Morgan fingerprint density at radius 2 is 1.53 bits per heavy atom. The van der Waals surface area contributed by atoms with E-state index in [0.29, 0.717) is 0 Å². The molecule has 1 rings (SSSR count). The van der Waals surface area contributed by atoms with Crippen LogP contribution in [0.5, 0.6) is 0 Å². The van der Waals surface area contributed by atoms with Gasteiger partial charge >= 0.3 is 7.25 Å². The molecule has 0 saturated carbocycles. The Labute approximate surface area is 87.9 Å². The molecule has 7 heteroatoms. The molecular formula is C8H10BF5S. The molecule has 0 nitrogen and oxygen atoms in total. The average Bonchev–Trinajstić information content (AvgIpc) is 2.00. The Kier molecular flexibility index (Phi) is 5.71. The van der Waals surface area contributed by atoms with Crippen molar-refractivity contribution >= 4 is 18.1 Å². The molecule has 0 N–H and O–H groups in total. The highest BCUT2D eigenvalue weighted by Gasteiger charge is 2.20. The van der Waals surface area contributed by atoms with Crippen molar-refractivity contribution in [1.82, 2.24) is 0 Å². The Balaban J connectivity index is 0.000000336. The Hall–Kier alpha value is -0.715. The lowest BCUT2D eigenvalue weighted by Crippen LogP contribution is -2.02. The highest BCUT2D eigenvalue weighted by atomic mass is 32.2. The van der Waals surface area contributed by atoms with Crippen molar-refractivity contribution in [3.8, 4) is 0 Å². The lowest BCUT2D eigenvalue weighted by molar-refractivity contribution is 0.368. The van der Waals surface area contributed by atoms with E-state index in [1.165, 1.54) is 6.07 Å². The fraction of sp³-hybridized carbons (Fsp3) is 0.250. The summed E-state index contributed by atoms with van der Waals surface area (Å²) in [4.78, 5) is 1.08. The first-order valence-electron chi connectivity index (χ1n) is 3.90. The molecule has 0 fully saturated rings. The Morgan fingerprint density at radius 1 is 1.07 bits per heavy atom. The van der Waals surface area contributed by atoms with Gasteiger partial charge in [0.25, 0.3) is 0 Å². The second kappa shape index (κ2) is 6.00. The minimum Gasteiger partial charge on any atom is -0.418 e. The number of rotatable bonds is 1. The molecule has 0 aliphatic heterocycles. The SMILES string of the molecule is C[S+](C)c1cccc(F)c1.F[B-](F)(F)F. The van der Waals surface area contributed by atoms with Gasteiger partial charge in [0.2, 0.25) is 0 Å². The summed E-state index contributed by atoms with van der Waals surface area (Å²) in [6.45, 7) is 0. The molecule has 0 aromatic heterocycles. The minimum atomic E-state index is -6.00. The van der Waals surface area contributed by atoms with Crippen LogP contribution in [0.15, 0.2) is 29.2 Å². The molecule has 0 heterocycles. The van der Waals surface area contributed by atoms with E-state index in [9.17, 15) is 21.7 Å². The smallest absolute Gasteiger partial charge is 0.418 e. The summed E-state index contributed by atoms with van der Waals surface area (Å²) in [5, 5.41) is 0. The summed E-state index contributed by atoms with van der Waals surface area (Å²) < 4.78 is 51.5. The van der Waals surface area contributed by atoms with Crippen LogP contribution in [0.4, 0.5) is 21.7 Å². The maximum absolute atomic E-state index is 12.5. The van der Waals surface area contributed by atoms with Crippen molar-refractivity contribution in [2.45, 2.75) is 4.90 Å². The first-order valence-corrected chi connectivity index (χ1v) is 5.95. The molecule has 1 aromatic carbocycles. The molecule has 0 bridgehead atoms. The second-order valence-electron chi connectivity index (χ2n) is 2.77. The molecule has 1 aromatic rings. The Bertz CT molecular complexity index is 293. The van der Waals surface area contributed by atoms with Crippen molar-refractivity contribution in [3.63, 3.8) is 0 Å². The normalized spacial score (nSPS) is 10.9. The molecule has 0 amide bonds. The quantitative estimate of drug-likeness (QED) is 0.403. The third-order valence-corrected chi connectivity index (χ3v) is 2.46. The average molecular weight is 244 g/mol. The van der Waals surface area contributed by atoms with E-state index >= 15 is 0 Å². The fourth-order valence-corrected chi connectivity index (χ4v) is 1.42. The van der Waals surface area contributed by atoms with Gasteiger partial charge in [-0.05, 0) is 12.1 Å². The number of halogens is 5. The largest absolute Gasteiger partial charge is 0.673 e. The lowest BCUT2D eigenvalue weighted by atomic mass is 10.3. The van der Waals surface area contributed by atoms with Gasteiger partial charge in [-0.3, -0.25) is 0 Å². The van der Waals surface area contributed by atoms with E-state index in [1.54, 1.807) is 12.1 Å². The van der Waals surface area contributed by atoms with Gasteiger partial charge in [-0.25, -0.2) is 4.39 Å². The predicted molar refractivity (Wildman–Crippen MR) is 54.1 cm³/mol. The van der Waals surface area contributed by atoms with E-state index in [0.717, 1.165) is 4.90 Å². The predicted octanol–water partition coefficient (Wildman–Crippen LogP) is 3.36. The highest BCUT2D eigenvalue weighted by molar-refractivity contribution is 7.95. The second-order valence-corrected chi connectivity index (χ2v) is 4.87. The molecule has 0 unspecified atom stereocenters. The van der Waals surface area contributed by atoms with Crippen molar-refractivity contribution < 1.29 is 21.7 Å². The first kappa shape index (κ1) is 14.3. The van der Waals surface area contributed by atoms with Gasteiger partial charge in [0.05, 0.1) is 0 Å². The van der Waals surface area contributed by atoms with E-state index in [-0.39, 0.29) is 16.7 Å². The fourth-order valence-electron chi connectivity index (χ4n) is 0.721. The summed E-state index contributed by atoms with van der Waals surface area (Å²) in [5.41, 5.74) is 0. The molecule has 0 spiro atoms. The van der Waals surface area contributed by atoms with Crippen LogP contribution in [-0.4, -0.2) is 19.8 Å². The van der Waals surface area contributed by atoms with Crippen LogP contribution in [0.25, 0.3) is 0 Å². The van der Waals surface area contributed by atoms with Crippen molar-refractivity contribution in [1.29, 1.82) is 0 Å². The molecular weight excluding hydrogens is 234 g/mol. The maximum atomic E-state index is 12.5. The molecule has 0 aliphatic carbocycles. The zero-order valence-electron chi connectivity index (χ0n) is 8.18. The van der Waals surface area contributed by atoms with Crippen molar-refractivity contribution in [3.05, 3.63) is 30.1 Å². The summed E-state index contributed by atoms with van der Waals surface area (Å²) in [7, 11) is -5.83. The summed E-state index contributed by atoms with van der Waals surface area (Å²) in [6, 6.07) is 6.75. The van der Waals surface area contributed by atoms with Crippen LogP contribution in [0.1, 0.15) is 0 Å². The minimum absolute atomic E-state index is 0.140. The van der Waals surface area contributed by atoms with E-state index in [2.05, 4.69) is 12.5 Å². The van der Waals surface area contributed by atoms with E-state index in [4.69, 9.17) is 0 Å². The third kappa shape index (κ3) is 9.59. The van der Waals surface area contributed by atoms with Gasteiger partial charge in [-0.2, -0.15) is 0 Å². The number of hydrogen-bond donors (Lipinski definition) is 0. The van der Waals surface area contributed by atoms with E-state index in [1.807, 2.05) is 6.07 Å². The zero-order valence-corrected chi connectivity index (χ0v) is 9.00. The maximum Gasteiger partial charge on any atom is 0.673 e. The van der Waals surface area contributed by atoms with Crippen molar-refractivity contribution in [2.24, 2.45) is 0 Å². The lowest BCUT2D eigenvalue weighted by Gasteiger charge is -1.94. The summed E-state index contributed by atoms with van der Waals surface area (Å²) >= 11 is 0. The van der Waals surface area contributed by atoms with Crippen LogP contribution >= 0.6 is 0 Å². The molecule has 15 heavy (non-hydrogen) atoms. The molecule has 0 atom stereocenters. The van der Waals surface area contributed by atoms with Gasteiger partial charge in [0, 0.05) is 17.0 Å². The molecule has 0 radical (unpaired) electrons. The molecule has 0 aliphatic rings. The zero-order chi connectivity index (χ0) is 12.1. The molecule has 86 valence electrons. The van der Waals surface area contributed by atoms with Crippen LogP contribution in [-0.2, 0) is 10.9 Å². The third-order valence-electron chi connectivity index (χ3n) is 1.27. The van der Waals surface area contributed by atoms with Gasteiger partial charge in [0.1, 0.15) is 18.3 Å². The van der Waals surface area contributed by atoms with Gasteiger partial charge in [0.15, 0.2) is 4.90 Å². The number of hydrogen-bond acceptors (Lipinski definition) is 0. The standard InChI is InChI=1S/C8H10FS.BF4/c1-10(2)8-5-3-4-7(9)6-8;2-1(3,4)5/h3-6H,1-2H3;/q+1;-1.